The molecule has 4 nitrogen and oxygen atoms in total. The molecule has 1 aliphatic rings. The van der Waals surface area contributed by atoms with Crippen LogP contribution in [0.5, 0.6) is 0 Å². The van der Waals surface area contributed by atoms with E-state index in [1.54, 1.807) is 18.3 Å². The second kappa shape index (κ2) is 6.47. The molecule has 0 bridgehead atoms. The van der Waals surface area contributed by atoms with Crippen molar-refractivity contribution in [2.24, 2.45) is 4.99 Å². The van der Waals surface area contributed by atoms with E-state index in [1.807, 2.05) is 18.2 Å². The number of halogens is 1. The van der Waals surface area contributed by atoms with E-state index >= 15 is 0 Å². The fraction of sp³-hybridized carbons (Fsp3) is 0.167. The Hall–Kier alpha value is -1.46. The molecular weight excluding hydrogens is 270 g/mol. The van der Waals surface area contributed by atoms with Crippen molar-refractivity contribution in [1.29, 1.82) is 0 Å². The van der Waals surface area contributed by atoms with Crippen LogP contribution in [0, 0.1) is 0 Å². The highest BCUT2D eigenvalue weighted by Gasteiger charge is 2.09. The summed E-state index contributed by atoms with van der Waals surface area (Å²) in [4.78, 5) is 15.6. The molecule has 0 saturated carbocycles. The monoisotopic (exact) mass is 281 g/mol. The zero-order valence-electron chi connectivity index (χ0n) is 9.52. The van der Waals surface area contributed by atoms with E-state index in [2.05, 4.69) is 15.6 Å². The third kappa shape index (κ3) is 3.78. The number of nitrogens with zero attached hydrogens (tertiary/aromatic N) is 1. The van der Waals surface area contributed by atoms with Crippen molar-refractivity contribution in [2.75, 3.05) is 12.3 Å². The van der Waals surface area contributed by atoms with Crippen LogP contribution in [0.3, 0.4) is 0 Å². The predicted molar refractivity (Wildman–Crippen MR) is 76.9 cm³/mol. The van der Waals surface area contributed by atoms with Crippen LogP contribution in [0.15, 0.2) is 35.5 Å². The van der Waals surface area contributed by atoms with Gasteiger partial charge in [0.05, 0.1) is 6.54 Å². The van der Waals surface area contributed by atoms with Crippen molar-refractivity contribution >= 4 is 40.6 Å². The lowest BCUT2D eigenvalue weighted by Crippen LogP contribution is -2.34. The fourth-order valence-corrected chi connectivity index (χ4v) is 2.28. The number of benzene rings is 1. The van der Waals surface area contributed by atoms with Gasteiger partial charge in [0.15, 0.2) is 5.17 Å². The maximum absolute atomic E-state index is 11.5. The number of nitrogens with one attached hydrogen (secondary N) is 2. The molecule has 2 rings (SSSR count). The fourth-order valence-electron chi connectivity index (χ4n) is 1.36. The third-order valence-corrected chi connectivity index (χ3v) is 3.42. The lowest BCUT2D eigenvalue weighted by molar-refractivity contribution is 0.248. The summed E-state index contributed by atoms with van der Waals surface area (Å²) in [6.45, 7) is 0.760. The van der Waals surface area contributed by atoms with Gasteiger partial charge in [0.1, 0.15) is 0 Å². The van der Waals surface area contributed by atoms with Gasteiger partial charge in [0, 0.05) is 17.0 Å². The summed E-state index contributed by atoms with van der Waals surface area (Å²) in [7, 11) is 0. The smallest absolute Gasteiger partial charge is 0.314 e. The Morgan fingerprint density at radius 2 is 2.28 bits per heavy atom. The van der Waals surface area contributed by atoms with Gasteiger partial charge in [0.2, 0.25) is 0 Å². The van der Waals surface area contributed by atoms with E-state index in [-0.39, 0.29) is 6.03 Å². The summed E-state index contributed by atoms with van der Waals surface area (Å²) in [5.41, 5.74) is 0.854. The molecule has 1 aromatic carbocycles. The van der Waals surface area contributed by atoms with E-state index in [0.29, 0.717) is 10.2 Å². The van der Waals surface area contributed by atoms with E-state index in [4.69, 9.17) is 11.6 Å². The van der Waals surface area contributed by atoms with E-state index < -0.39 is 0 Å². The van der Waals surface area contributed by atoms with Crippen LogP contribution in [-0.2, 0) is 0 Å². The Balaban J connectivity index is 1.84. The molecule has 1 aliphatic heterocycles. The molecule has 0 saturated heterocycles. The molecule has 1 aromatic rings. The van der Waals surface area contributed by atoms with Crippen LogP contribution in [-0.4, -0.2) is 23.5 Å². The van der Waals surface area contributed by atoms with Crippen LogP contribution < -0.4 is 10.6 Å². The van der Waals surface area contributed by atoms with Gasteiger partial charge in [-0.1, -0.05) is 41.6 Å². The third-order valence-electron chi connectivity index (χ3n) is 2.19. The zero-order chi connectivity index (χ0) is 12.8. The highest BCUT2D eigenvalue weighted by atomic mass is 35.5. The van der Waals surface area contributed by atoms with Gasteiger partial charge >= 0.3 is 6.03 Å². The first-order chi connectivity index (χ1) is 8.75. The summed E-state index contributed by atoms with van der Waals surface area (Å²) in [5, 5.41) is 6.57. The van der Waals surface area contributed by atoms with Crippen molar-refractivity contribution in [2.45, 2.75) is 0 Å². The Labute approximate surface area is 115 Å². The summed E-state index contributed by atoms with van der Waals surface area (Å²) < 4.78 is 0. The van der Waals surface area contributed by atoms with Gasteiger partial charge in [0.25, 0.3) is 0 Å². The molecule has 2 amide bonds. The molecule has 6 heteroatoms. The number of thioether (sulfide) groups is 1. The first-order valence-electron chi connectivity index (χ1n) is 5.41. The van der Waals surface area contributed by atoms with Crippen LogP contribution in [0.4, 0.5) is 4.79 Å². The van der Waals surface area contributed by atoms with Crippen molar-refractivity contribution in [3.63, 3.8) is 0 Å². The molecule has 2 N–H and O–H groups in total. The topological polar surface area (TPSA) is 53.5 Å². The summed E-state index contributed by atoms with van der Waals surface area (Å²) in [6.07, 6.45) is 3.29. The van der Waals surface area contributed by atoms with Gasteiger partial charge in [-0.3, -0.25) is 10.3 Å². The van der Waals surface area contributed by atoms with Crippen molar-refractivity contribution in [3.8, 4) is 0 Å². The lowest BCUT2D eigenvalue weighted by Gasteiger charge is -2.02. The molecule has 18 heavy (non-hydrogen) atoms. The number of rotatable bonds is 2. The summed E-state index contributed by atoms with van der Waals surface area (Å²) in [5.74, 6) is 0.922. The molecule has 0 atom stereocenters. The maximum atomic E-state index is 11.5. The highest BCUT2D eigenvalue weighted by Crippen LogP contribution is 2.15. The molecule has 0 radical (unpaired) electrons. The second-order valence-electron chi connectivity index (χ2n) is 3.49. The minimum absolute atomic E-state index is 0.300. The Morgan fingerprint density at radius 1 is 1.44 bits per heavy atom. The Morgan fingerprint density at radius 3 is 3.00 bits per heavy atom. The Bertz CT molecular complexity index is 502. The number of carbonyl (C=O) groups is 1. The van der Waals surface area contributed by atoms with Crippen molar-refractivity contribution in [1.82, 2.24) is 10.6 Å². The van der Waals surface area contributed by atoms with Gasteiger partial charge < -0.3 is 5.32 Å². The predicted octanol–water partition coefficient (Wildman–Crippen LogP) is 2.71. The van der Waals surface area contributed by atoms with E-state index in [9.17, 15) is 4.79 Å². The largest absolute Gasteiger partial charge is 0.324 e. The molecule has 0 fully saturated rings. The second-order valence-corrected chi connectivity index (χ2v) is 4.98. The quantitative estimate of drug-likeness (QED) is 0.876. The summed E-state index contributed by atoms with van der Waals surface area (Å²) in [6, 6.07) is 7.11. The minimum atomic E-state index is -0.300. The van der Waals surface area contributed by atoms with Crippen LogP contribution in [0.25, 0.3) is 6.08 Å². The lowest BCUT2D eigenvalue weighted by atomic mass is 10.2. The van der Waals surface area contributed by atoms with Gasteiger partial charge in [-0.2, -0.15) is 0 Å². The van der Waals surface area contributed by atoms with Gasteiger partial charge in [-0.05, 0) is 17.7 Å². The summed E-state index contributed by atoms with van der Waals surface area (Å²) >= 11 is 7.51. The zero-order valence-corrected chi connectivity index (χ0v) is 11.1. The number of hydrogen-bond donors (Lipinski definition) is 2. The first-order valence-corrected chi connectivity index (χ1v) is 6.78. The van der Waals surface area contributed by atoms with Crippen molar-refractivity contribution in [3.05, 3.63) is 41.1 Å². The number of urea groups is 1. The van der Waals surface area contributed by atoms with E-state index in [1.165, 1.54) is 11.8 Å². The molecule has 0 aliphatic carbocycles. The molecule has 1 heterocycles. The molecule has 0 aromatic heterocycles. The number of amides is 2. The molecular formula is C12H12ClN3OS. The number of amidine groups is 1. The van der Waals surface area contributed by atoms with Gasteiger partial charge in [-0.15, -0.1) is 0 Å². The average molecular weight is 282 g/mol. The first kappa shape index (κ1) is 13.0. The van der Waals surface area contributed by atoms with Crippen LogP contribution in [0.1, 0.15) is 5.56 Å². The number of carbonyl (C=O) groups excluding carboxylic acids is 1. The molecule has 0 spiro atoms. The number of hydrogen-bond acceptors (Lipinski definition) is 3. The molecule has 94 valence electrons. The van der Waals surface area contributed by atoms with Crippen LogP contribution >= 0.6 is 23.4 Å². The minimum Gasteiger partial charge on any atom is -0.314 e. The van der Waals surface area contributed by atoms with Crippen LogP contribution in [0.2, 0.25) is 5.02 Å². The van der Waals surface area contributed by atoms with E-state index in [0.717, 1.165) is 17.9 Å². The normalized spacial score (nSPS) is 14.6. The van der Waals surface area contributed by atoms with Gasteiger partial charge in [-0.25, -0.2) is 4.79 Å². The average Bonchev–Trinajstić information content (AvgIpc) is 2.84. The molecule has 0 unspecified atom stereocenters. The number of aliphatic imine (C=N–C) groups is 1. The highest BCUT2D eigenvalue weighted by molar-refractivity contribution is 8.14. The Kier molecular flexibility index (Phi) is 4.66. The van der Waals surface area contributed by atoms with Crippen molar-refractivity contribution < 1.29 is 4.79 Å². The SMILES string of the molecule is O=C(N/C=C/c1ccccc1Cl)NC1=NCCS1. The standard InChI is InChI=1S/C12H12ClN3OS/c13-10-4-2-1-3-9(10)5-6-14-11(17)16-12-15-7-8-18-12/h1-6H,7-8H2,(H2,14,15,16,17)/b6-5+. The maximum Gasteiger partial charge on any atom is 0.324 e.